The number of hydrogen-bond donors (Lipinski definition) is 2. The molecule has 4 heteroatoms. The van der Waals surface area contributed by atoms with Crippen molar-refractivity contribution >= 4 is 5.52 Å². The van der Waals surface area contributed by atoms with Gasteiger partial charge in [0.05, 0.1) is 35.9 Å². The SMILES string of the molecule is O[C@H](c1c(C2CC2)ccc2cncn12)[C@H]1CC[C@@H](O)CC1. The van der Waals surface area contributed by atoms with Crippen LogP contribution < -0.4 is 0 Å². The molecule has 0 aromatic carbocycles. The Balaban J connectivity index is 1.73. The first-order valence-electron chi connectivity index (χ1n) is 8.05. The number of rotatable bonds is 3. The van der Waals surface area contributed by atoms with E-state index < -0.39 is 6.10 Å². The van der Waals surface area contributed by atoms with Gasteiger partial charge >= 0.3 is 0 Å². The molecule has 4 nitrogen and oxygen atoms in total. The van der Waals surface area contributed by atoms with E-state index in [1.165, 1.54) is 18.4 Å². The maximum absolute atomic E-state index is 11.0. The van der Waals surface area contributed by atoms with Gasteiger partial charge in [0.1, 0.15) is 0 Å². The number of imidazole rings is 1. The summed E-state index contributed by atoms with van der Waals surface area (Å²) in [6.45, 7) is 0. The van der Waals surface area contributed by atoms with Crippen molar-refractivity contribution in [1.82, 2.24) is 9.38 Å². The molecule has 2 aromatic heterocycles. The Morgan fingerprint density at radius 3 is 2.57 bits per heavy atom. The first-order valence-corrected chi connectivity index (χ1v) is 8.05. The smallest absolute Gasteiger partial charge is 0.0995 e. The molecule has 2 aromatic rings. The van der Waals surface area contributed by atoms with Crippen molar-refractivity contribution < 1.29 is 10.2 Å². The van der Waals surface area contributed by atoms with E-state index in [-0.39, 0.29) is 12.0 Å². The van der Waals surface area contributed by atoms with Crippen molar-refractivity contribution in [3.63, 3.8) is 0 Å². The van der Waals surface area contributed by atoms with Gasteiger partial charge < -0.3 is 14.6 Å². The maximum atomic E-state index is 11.0. The topological polar surface area (TPSA) is 57.8 Å². The van der Waals surface area contributed by atoms with E-state index in [9.17, 15) is 10.2 Å². The van der Waals surface area contributed by atoms with Gasteiger partial charge in [-0.05, 0) is 62.0 Å². The fourth-order valence-corrected chi connectivity index (χ4v) is 3.72. The van der Waals surface area contributed by atoms with E-state index >= 15 is 0 Å². The first kappa shape index (κ1) is 13.3. The highest BCUT2D eigenvalue weighted by Crippen LogP contribution is 2.45. The van der Waals surface area contributed by atoms with Gasteiger partial charge in [0.15, 0.2) is 0 Å². The van der Waals surface area contributed by atoms with Crippen molar-refractivity contribution in [1.29, 1.82) is 0 Å². The van der Waals surface area contributed by atoms with Gasteiger partial charge in [0.25, 0.3) is 0 Å². The van der Waals surface area contributed by atoms with Crippen molar-refractivity contribution in [2.45, 2.75) is 56.7 Å². The summed E-state index contributed by atoms with van der Waals surface area (Å²) in [5.41, 5.74) is 3.37. The molecule has 2 fully saturated rings. The van der Waals surface area contributed by atoms with Gasteiger partial charge in [-0.25, -0.2) is 4.98 Å². The molecule has 2 heterocycles. The number of hydrogen-bond acceptors (Lipinski definition) is 3. The van der Waals surface area contributed by atoms with E-state index in [0.717, 1.165) is 36.9 Å². The van der Waals surface area contributed by atoms with Crippen LogP contribution in [0.4, 0.5) is 0 Å². The quantitative estimate of drug-likeness (QED) is 0.912. The van der Waals surface area contributed by atoms with Crippen LogP contribution in [-0.2, 0) is 0 Å². The summed E-state index contributed by atoms with van der Waals surface area (Å²) < 4.78 is 2.06. The van der Waals surface area contributed by atoms with Crippen LogP contribution in [0.25, 0.3) is 5.52 Å². The van der Waals surface area contributed by atoms with Crippen LogP contribution in [0.2, 0.25) is 0 Å². The normalized spacial score (nSPS) is 27.9. The lowest BCUT2D eigenvalue weighted by Gasteiger charge is -2.30. The van der Waals surface area contributed by atoms with Crippen LogP contribution in [0.15, 0.2) is 24.7 Å². The Hall–Kier alpha value is -1.39. The zero-order valence-corrected chi connectivity index (χ0v) is 12.2. The van der Waals surface area contributed by atoms with Crippen LogP contribution in [-0.4, -0.2) is 25.7 Å². The van der Waals surface area contributed by atoms with Gasteiger partial charge in [-0.15, -0.1) is 0 Å². The number of aromatic nitrogens is 2. The van der Waals surface area contributed by atoms with Crippen LogP contribution >= 0.6 is 0 Å². The fraction of sp³-hybridized carbons (Fsp3) is 0.588. The van der Waals surface area contributed by atoms with Crippen LogP contribution in [0.3, 0.4) is 0 Å². The maximum Gasteiger partial charge on any atom is 0.0995 e. The van der Waals surface area contributed by atoms with Gasteiger partial charge in [-0.2, -0.15) is 0 Å². The van der Waals surface area contributed by atoms with E-state index in [4.69, 9.17) is 0 Å². The second kappa shape index (κ2) is 5.11. The molecule has 2 saturated carbocycles. The predicted octanol–water partition coefficient (Wildman–Crippen LogP) is 2.80. The zero-order chi connectivity index (χ0) is 14.4. The summed E-state index contributed by atoms with van der Waals surface area (Å²) in [5.74, 6) is 0.856. The summed E-state index contributed by atoms with van der Waals surface area (Å²) in [4.78, 5) is 4.23. The summed E-state index contributed by atoms with van der Waals surface area (Å²) in [5, 5.41) is 20.6. The fourth-order valence-electron chi connectivity index (χ4n) is 3.72. The summed E-state index contributed by atoms with van der Waals surface area (Å²) in [6.07, 6.45) is 8.89. The van der Waals surface area contributed by atoms with E-state index in [0.29, 0.717) is 5.92 Å². The minimum Gasteiger partial charge on any atom is -0.393 e. The molecule has 0 radical (unpaired) electrons. The largest absolute Gasteiger partial charge is 0.393 e. The number of fused-ring (bicyclic) bond motifs is 1. The molecule has 4 rings (SSSR count). The van der Waals surface area contributed by atoms with Gasteiger partial charge in [-0.1, -0.05) is 6.07 Å². The lowest BCUT2D eigenvalue weighted by molar-refractivity contribution is 0.0382. The molecule has 1 atom stereocenters. The van der Waals surface area contributed by atoms with Gasteiger partial charge in [0, 0.05) is 0 Å². The van der Waals surface area contributed by atoms with Crippen molar-refractivity contribution in [2.24, 2.45) is 5.92 Å². The molecule has 0 saturated heterocycles. The second-order valence-electron chi connectivity index (χ2n) is 6.65. The molecular formula is C17H22N2O2. The Morgan fingerprint density at radius 1 is 1.10 bits per heavy atom. The summed E-state index contributed by atoms with van der Waals surface area (Å²) in [7, 11) is 0. The molecule has 0 amide bonds. The number of aliphatic hydroxyl groups is 2. The highest BCUT2D eigenvalue weighted by Gasteiger charge is 2.33. The van der Waals surface area contributed by atoms with Crippen molar-refractivity contribution in [2.75, 3.05) is 0 Å². The Kier molecular flexibility index (Phi) is 3.23. The Bertz CT molecular complexity index is 639. The number of aliphatic hydroxyl groups excluding tert-OH is 2. The monoisotopic (exact) mass is 286 g/mol. The van der Waals surface area contributed by atoms with Crippen molar-refractivity contribution in [3.05, 3.63) is 35.9 Å². The average Bonchev–Trinajstić information content (AvgIpc) is 3.23. The summed E-state index contributed by atoms with van der Waals surface area (Å²) >= 11 is 0. The third kappa shape index (κ3) is 2.36. The summed E-state index contributed by atoms with van der Waals surface area (Å²) in [6, 6.07) is 4.27. The molecule has 2 N–H and O–H groups in total. The molecule has 0 bridgehead atoms. The first-order chi connectivity index (χ1) is 10.2. The number of pyridine rings is 1. The van der Waals surface area contributed by atoms with Crippen LogP contribution in [0, 0.1) is 5.92 Å². The minimum atomic E-state index is -0.453. The van der Waals surface area contributed by atoms with Crippen LogP contribution in [0.5, 0.6) is 0 Å². The van der Waals surface area contributed by atoms with E-state index in [1.54, 1.807) is 0 Å². The van der Waals surface area contributed by atoms with Crippen LogP contribution in [0.1, 0.15) is 61.8 Å². The molecule has 0 unspecified atom stereocenters. The molecule has 0 spiro atoms. The second-order valence-corrected chi connectivity index (χ2v) is 6.65. The highest BCUT2D eigenvalue weighted by molar-refractivity contribution is 5.50. The third-order valence-electron chi connectivity index (χ3n) is 5.14. The zero-order valence-electron chi connectivity index (χ0n) is 12.2. The average molecular weight is 286 g/mol. The molecule has 2 aliphatic carbocycles. The van der Waals surface area contributed by atoms with Gasteiger partial charge in [0.2, 0.25) is 0 Å². The predicted molar refractivity (Wildman–Crippen MR) is 80.1 cm³/mol. The lowest BCUT2D eigenvalue weighted by atomic mass is 9.81. The van der Waals surface area contributed by atoms with Crippen molar-refractivity contribution in [3.8, 4) is 0 Å². The molecular weight excluding hydrogens is 264 g/mol. The lowest BCUT2D eigenvalue weighted by Crippen LogP contribution is -2.24. The molecule has 21 heavy (non-hydrogen) atoms. The standard InChI is InChI=1S/C17H22N2O2/c20-14-6-3-12(4-7-14)17(21)16-15(11-1-2-11)8-5-13-9-18-10-19(13)16/h5,8-12,14,17,20-21H,1-4,6-7H2/t12-,14+,17-/m0/s1. The molecule has 112 valence electrons. The third-order valence-corrected chi connectivity index (χ3v) is 5.14. The molecule has 2 aliphatic rings. The Labute approximate surface area is 124 Å². The Morgan fingerprint density at radius 2 is 1.86 bits per heavy atom. The minimum absolute atomic E-state index is 0.180. The highest BCUT2D eigenvalue weighted by atomic mass is 16.3. The van der Waals surface area contributed by atoms with E-state index in [1.807, 2.05) is 12.5 Å². The number of nitrogens with zero attached hydrogens (tertiary/aromatic N) is 2. The van der Waals surface area contributed by atoms with Gasteiger partial charge in [-0.3, -0.25) is 0 Å². The molecule has 0 aliphatic heterocycles. The van der Waals surface area contributed by atoms with E-state index in [2.05, 4.69) is 21.5 Å².